The third kappa shape index (κ3) is 3.37. The number of hydrogen-bond donors (Lipinski definition) is 2. The second-order valence-corrected chi connectivity index (χ2v) is 5.58. The van der Waals surface area contributed by atoms with Crippen molar-refractivity contribution in [1.29, 1.82) is 0 Å². The fourth-order valence-corrected chi connectivity index (χ4v) is 2.45. The van der Waals surface area contributed by atoms with Crippen molar-refractivity contribution in [2.75, 3.05) is 6.54 Å². The van der Waals surface area contributed by atoms with Crippen molar-refractivity contribution in [3.8, 4) is 5.69 Å². The monoisotopic (exact) mass is 315 g/mol. The van der Waals surface area contributed by atoms with Crippen LogP contribution in [-0.2, 0) is 0 Å². The number of nitrogens with one attached hydrogen (secondary N) is 1. The van der Waals surface area contributed by atoms with Gasteiger partial charge in [-0.2, -0.15) is 5.10 Å². The fraction of sp³-hybridized carbons (Fsp3) is 0.333. The van der Waals surface area contributed by atoms with Crippen molar-refractivity contribution < 1.29 is 9.72 Å². The summed E-state index contributed by atoms with van der Waals surface area (Å²) in [6.45, 7) is 0.405. The largest absolute Gasteiger partial charge is 0.346 e. The minimum atomic E-state index is -0.470. The van der Waals surface area contributed by atoms with Crippen molar-refractivity contribution in [2.24, 2.45) is 11.7 Å². The SMILES string of the molecule is NCC(NC(=O)c1ccn(-c2cccc([N+](=O)[O-])c2)n1)C1CC1. The average Bonchev–Trinajstić information content (AvgIpc) is 3.28. The molecule has 23 heavy (non-hydrogen) atoms. The molecule has 1 aromatic carbocycles. The third-order valence-electron chi connectivity index (χ3n) is 3.89. The van der Waals surface area contributed by atoms with Gasteiger partial charge in [0.1, 0.15) is 0 Å². The van der Waals surface area contributed by atoms with Crippen LogP contribution in [0.2, 0.25) is 0 Å². The third-order valence-corrected chi connectivity index (χ3v) is 3.89. The molecule has 0 aliphatic heterocycles. The van der Waals surface area contributed by atoms with Crippen LogP contribution in [0.5, 0.6) is 0 Å². The van der Waals surface area contributed by atoms with Gasteiger partial charge in [0.2, 0.25) is 0 Å². The number of non-ortho nitro benzene ring substituents is 1. The van der Waals surface area contributed by atoms with Gasteiger partial charge < -0.3 is 11.1 Å². The number of carbonyl (C=O) groups is 1. The van der Waals surface area contributed by atoms with Gasteiger partial charge in [-0.3, -0.25) is 14.9 Å². The molecule has 120 valence electrons. The van der Waals surface area contributed by atoms with Gasteiger partial charge >= 0.3 is 0 Å². The normalized spacial score (nSPS) is 15.2. The van der Waals surface area contributed by atoms with Crippen LogP contribution in [0.1, 0.15) is 23.3 Å². The predicted molar refractivity (Wildman–Crippen MR) is 83.3 cm³/mol. The summed E-state index contributed by atoms with van der Waals surface area (Å²) < 4.78 is 1.44. The number of benzene rings is 1. The second-order valence-electron chi connectivity index (χ2n) is 5.58. The van der Waals surface area contributed by atoms with E-state index in [0.717, 1.165) is 12.8 Å². The Labute approximate surface area is 132 Å². The van der Waals surface area contributed by atoms with Gasteiger partial charge in [0.15, 0.2) is 5.69 Å². The van der Waals surface area contributed by atoms with Crippen LogP contribution in [0.25, 0.3) is 5.69 Å². The molecule has 1 heterocycles. The highest BCUT2D eigenvalue weighted by molar-refractivity contribution is 5.92. The number of aromatic nitrogens is 2. The molecule has 3 N–H and O–H groups in total. The van der Waals surface area contributed by atoms with Crippen molar-refractivity contribution in [3.63, 3.8) is 0 Å². The Balaban J connectivity index is 1.76. The molecular formula is C15H17N5O3. The number of nitro benzene ring substituents is 1. The van der Waals surface area contributed by atoms with E-state index in [0.29, 0.717) is 18.2 Å². The Morgan fingerprint density at radius 1 is 1.48 bits per heavy atom. The van der Waals surface area contributed by atoms with E-state index >= 15 is 0 Å². The molecule has 8 nitrogen and oxygen atoms in total. The highest BCUT2D eigenvalue weighted by Gasteiger charge is 2.31. The van der Waals surface area contributed by atoms with Gasteiger partial charge in [-0.1, -0.05) is 6.07 Å². The molecule has 0 radical (unpaired) electrons. The number of hydrogen-bond acceptors (Lipinski definition) is 5. The molecular weight excluding hydrogens is 298 g/mol. The summed E-state index contributed by atoms with van der Waals surface area (Å²) in [6.07, 6.45) is 3.77. The van der Waals surface area contributed by atoms with Gasteiger partial charge in [0.25, 0.3) is 11.6 Å². The lowest BCUT2D eigenvalue weighted by atomic mass is 10.2. The van der Waals surface area contributed by atoms with Crippen molar-refractivity contribution in [1.82, 2.24) is 15.1 Å². The maximum Gasteiger partial charge on any atom is 0.272 e. The van der Waals surface area contributed by atoms with E-state index in [2.05, 4.69) is 10.4 Å². The summed E-state index contributed by atoms with van der Waals surface area (Å²) in [5, 5.41) is 17.9. The molecule has 1 saturated carbocycles. The highest BCUT2D eigenvalue weighted by atomic mass is 16.6. The van der Waals surface area contributed by atoms with Crippen LogP contribution in [0.3, 0.4) is 0 Å². The number of rotatable bonds is 6. The van der Waals surface area contributed by atoms with Gasteiger partial charge in [-0.15, -0.1) is 0 Å². The van der Waals surface area contributed by atoms with Crippen LogP contribution in [0.4, 0.5) is 5.69 Å². The van der Waals surface area contributed by atoms with Crippen LogP contribution >= 0.6 is 0 Å². The van der Waals surface area contributed by atoms with E-state index in [1.165, 1.54) is 16.8 Å². The lowest BCUT2D eigenvalue weighted by Crippen LogP contribution is -2.41. The summed E-state index contributed by atoms with van der Waals surface area (Å²) in [4.78, 5) is 22.6. The average molecular weight is 315 g/mol. The summed E-state index contributed by atoms with van der Waals surface area (Å²) in [6, 6.07) is 7.63. The van der Waals surface area contributed by atoms with Gasteiger partial charge in [0.05, 0.1) is 10.6 Å². The number of nitrogens with zero attached hydrogens (tertiary/aromatic N) is 3. The maximum absolute atomic E-state index is 12.2. The Bertz CT molecular complexity index is 738. The van der Waals surface area contributed by atoms with E-state index in [9.17, 15) is 14.9 Å². The molecule has 2 aromatic rings. The Morgan fingerprint density at radius 2 is 2.26 bits per heavy atom. The molecule has 1 aliphatic carbocycles. The van der Waals surface area contributed by atoms with Crippen molar-refractivity contribution in [3.05, 3.63) is 52.3 Å². The molecule has 1 unspecified atom stereocenters. The van der Waals surface area contributed by atoms with E-state index < -0.39 is 4.92 Å². The number of nitro groups is 1. The molecule has 1 amide bonds. The fourth-order valence-electron chi connectivity index (χ4n) is 2.45. The number of nitrogens with two attached hydrogens (primary N) is 1. The van der Waals surface area contributed by atoms with E-state index in [1.807, 2.05) is 0 Å². The molecule has 1 fully saturated rings. The lowest BCUT2D eigenvalue weighted by Gasteiger charge is -2.14. The quantitative estimate of drug-likeness (QED) is 0.614. The van der Waals surface area contributed by atoms with Crippen molar-refractivity contribution in [2.45, 2.75) is 18.9 Å². The Morgan fingerprint density at radius 3 is 2.91 bits per heavy atom. The first kappa shape index (κ1) is 15.2. The molecule has 0 bridgehead atoms. The zero-order valence-electron chi connectivity index (χ0n) is 12.4. The Hall–Kier alpha value is -2.74. The minimum Gasteiger partial charge on any atom is -0.346 e. The van der Waals surface area contributed by atoms with Gasteiger partial charge in [-0.25, -0.2) is 4.68 Å². The van der Waals surface area contributed by atoms with Gasteiger partial charge in [0, 0.05) is 30.9 Å². The van der Waals surface area contributed by atoms with Crippen molar-refractivity contribution >= 4 is 11.6 Å². The zero-order valence-corrected chi connectivity index (χ0v) is 12.4. The first-order valence-electron chi connectivity index (χ1n) is 7.40. The predicted octanol–water partition coefficient (Wildman–Crippen LogP) is 1.25. The molecule has 3 rings (SSSR count). The van der Waals surface area contributed by atoms with Gasteiger partial charge in [-0.05, 0) is 30.9 Å². The number of amides is 1. The van der Waals surface area contributed by atoms with E-state index in [1.54, 1.807) is 24.4 Å². The second kappa shape index (κ2) is 6.17. The summed E-state index contributed by atoms with van der Waals surface area (Å²) in [7, 11) is 0. The molecule has 1 aromatic heterocycles. The summed E-state index contributed by atoms with van der Waals surface area (Å²) in [5.41, 5.74) is 6.43. The van der Waals surface area contributed by atoms with Crippen LogP contribution < -0.4 is 11.1 Å². The molecule has 0 spiro atoms. The summed E-state index contributed by atoms with van der Waals surface area (Å²) in [5.74, 6) is 0.180. The molecule has 1 atom stereocenters. The lowest BCUT2D eigenvalue weighted by molar-refractivity contribution is -0.384. The van der Waals surface area contributed by atoms with E-state index in [-0.39, 0.29) is 23.3 Å². The number of carbonyl (C=O) groups excluding carboxylic acids is 1. The van der Waals surface area contributed by atoms with Crippen LogP contribution in [-0.4, -0.2) is 33.2 Å². The first-order valence-corrected chi connectivity index (χ1v) is 7.40. The molecule has 0 saturated heterocycles. The molecule has 1 aliphatic rings. The summed E-state index contributed by atoms with van der Waals surface area (Å²) >= 11 is 0. The topological polar surface area (TPSA) is 116 Å². The maximum atomic E-state index is 12.2. The molecule has 8 heteroatoms. The standard InChI is InChI=1S/C15H17N5O3/c16-9-14(10-4-5-10)17-15(21)13-6-7-19(18-13)11-2-1-3-12(8-11)20(22)23/h1-3,6-8,10,14H,4-5,9,16H2,(H,17,21). The van der Waals surface area contributed by atoms with Crippen LogP contribution in [0, 0.1) is 16.0 Å². The zero-order chi connectivity index (χ0) is 16.4. The van der Waals surface area contributed by atoms with Crippen LogP contribution in [0.15, 0.2) is 36.5 Å². The highest BCUT2D eigenvalue weighted by Crippen LogP contribution is 2.32. The van der Waals surface area contributed by atoms with E-state index in [4.69, 9.17) is 5.73 Å². The first-order chi connectivity index (χ1) is 11.1. The minimum absolute atomic E-state index is 0.0227. The Kier molecular flexibility index (Phi) is 4.07. The smallest absolute Gasteiger partial charge is 0.272 e.